The molecule has 0 spiro atoms. The van der Waals surface area contributed by atoms with E-state index in [4.69, 9.17) is 17.6 Å². The van der Waals surface area contributed by atoms with Crippen LogP contribution in [0.2, 0.25) is 0 Å². The van der Waals surface area contributed by atoms with Gasteiger partial charge in [0, 0.05) is 36.6 Å². The lowest BCUT2D eigenvalue weighted by molar-refractivity contribution is 0.447. The number of nitrogens with zero attached hydrogens (tertiary/aromatic N) is 2. The molecule has 0 N–H and O–H groups in total. The average Bonchev–Trinajstić information content (AvgIpc) is 2.71. The van der Waals surface area contributed by atoms with Gasteiger partial charge in [-0.15, -0.1) is 0 Å². The molecule has 2 rings (SSSR count). The molecule has 148 valence electrons. The van der Waals surface area contributed by atoms with E-state index in [0.29, 0.717) is 11.5 Å². The molecule has 0 radical (unpaired) electrons. The Morgan fingerprint density at radius 3 is 1.64 bits per heavy atom. The van der Waals surface area contributed by atoms with Crippen molar-refractivity contribution in [2.45, 2.75) is 39.5 Å². The number of aliphatic imine (C=N–C) groups is 2. The molecule has 4 nitrogen and oxygen atoms in total. The highest BCUT2D eigenvalue weighted by Crippen LogP contribution is 2.21. The second-order valence-electron chi connectivity index (χ2n) is 6.36. The smallest absolute Gasteiger partial charge is 0.599 e. The molecular weight excluding hydrogens is 387 g/mol. The molecule has 0 fully saturated rings. The fourth-order valence-electron chi connectivity index (χ4n) is 2.44. The molecule has 0 atom stereocenters. The van der Waals surface area contributed by atoms with Crippen molar-refractivity contribution in [3.05, 3.63) is 59.7 Å². The van der Waals surface area contributed by atoms with Crippen molar-refractivity contribution in [3.63, 3.8) is 0 Å². The highest BCUT2D eigenvalue weighted by atomic mass is 35.6. The van der Waals surface area contributed by atoms with Crippen LogP contribution in [0.4, 0.5) is 0 Å². The minimum Gasteiger partial charge on any atom is -0.599 e. The standard InChI is InChI=1S/2C11H15NO.Al.ClH/c2*1-2-3-8-12-9-10-6-4-5-7-11(10)13;;/h2*4-7,9,13H,2-3,8H2,1H3;;1H/q;;+3;/p-3. The SMILES string of the molecule is CCCCN=Cc1ccccc1[O][Al]([Cl])[O]c1ccccc1C=NCCCC. The number of rotatable bonds is 12. The molecule has 0 saturated heterocycles. The summed E-state index contributed by atoms with van der Waals surface area (Å²) >= 11 is -2.46. The summed E-state index contributed by atoms with van der Waals surface area (Å²) in [7, 11) is 6.47. The first kappa shape index (κ1) is 22.5. The maximum atomic E-state index is 6.47. The fourth-order valence-corrected chi connectivity index (χ4v) is 3.89. The van der Waals surface area contributed by atoms with E-state index in [1.165, 1.54) is 0 Å². The van der Waals surface area contributed by atoms with Gasteiger partial charge in [0.15, 0.2) is 0 Å². The van der Waals surface area contributed by atoms with Gasteiger partial charge in [-0.1, -0.05) is 51.0 Å². The predicted molar refractivity (Wildman–Crippen MR) is 120 cm³/mol. The van der Waals surface area contributed by atoms with Crippen LogP contribution in [-0.2, 0) is 0 Å². The maximum Gasteiger partial charge on any atom is 0.999 e. The van der Waals surface area contributed by atoms with Crippen LogP contribution in [0.25, 0.3) is 0 Å². The zero-order valence-electron chi connectivity index (χ0n) is 16.7. The van der Waals surface area contributed by atoms with Crippen LogP contribution in [-0.4, -0.2) is 39.4 Å². The largest absolute Gasteiger partial charge is 0.999 e. The molecule has 0 aliphatic rings. The van der Waals surface area contributed by atoms with Crippen molar-refractivity contribution in [3.8, 4) is 11.5 Å². The Kier molecular flexibility index (Phi) is 10.8. The molecule has 0 saturated carbocycles. The van der Waals surface area contributed by atoms with Gasteiger partial charge in [0.05, 0.1) is 11.5 Å². The van der Waals surface area contributed by atoms with Gasteiger partial charge < -0.3 is 7.58 Å². The highest BCUT2D eigenvalue weighted by molar-refractivity contribution is 7.00. The monoisotopic (exact) mass is 414 g/mol. The Hall–Kier alpha value is -1.80. The van der Waals surface area contributed by atoms with E-state index >= 15 is 0 Å². The van der Waals surface area contributed by atoms with Crippen LogP contribution < -0.4 is 7.58 Å². The summed E-state index contributed by atoms with van der Waals surface area (Å²) in [5.41, 5.74) is 1.82. The van der Waals surface area contributed by atoms with Gasteiger partial charge in [0.2, 0.25) is 0 Å². The zero-order valence-corrected chi connectivity index (χ0v) is 18.6. The van der Waals surface area contributed by atoms with Crippen LogP contribution in [0.5, 0.6) is 11.5 Å². The average molecular weight is 415 g/mol. The van der Waals surface area contributed by atoms with Crippen molar-refractivity contribution < 1.29 is 7.58 Å². The second kappa shape index (κ2) is 13.4. The molecule has 0 aromatic heterocycles. The summed E-state index contributed by atoms with van der Waals surface area (Å²) in [6.45, 7) is 5.93. The third kappa shape index (κ3) is 8.06. The van der Waals surface area contributed by atoms with Crippen LogP contribution >= 0.6 is 10.0 Å². The van der Waals surface area contributed by atoms with Crippen LogP contribution in [0.15, 0.2) is 58.5 Å². The number of para-hydroxylation sites is 2. The van der Waals surface area contributed by atoms with Gasteiger partial charge >= 0.3 is 13.9 Å². The number of benzene rings is 2. The first-order valence-electron chi connectivity index (χ1n) is 9.89. The zero-order chi connectivity index (χ0) is 20.0. The summed E-state index contributed by atoms with van der Waals surface area (Å²) in [6, 6.07) is 15.5. The van der Waals surface area contributed by atoms with Crippen LogP contribution in [0, 0.1) is 0 Å². The van der Waals surface area contributed by atoms with Gasteiger partial charge in [0.25, 0.3) is 0 Å². The quantitative estimate of drug-likeness (QED) is 0.250. The predicted octanol–water partition coefficient (Wildman–Crippen LogP) is 5.81. The Morgan fingerprint density at radius 2 is 1.21 bits per heavy atom. The van der Waals surface area contributed by atoms with E-state index in [9.17, 15) is 0 Å². The van der Waals surface area contributed by atoms with Gasteiger partial charge in [-0.2, -0.15) is 10.0 Å². The summed E-state index contributed by atoms with van der Waals surface area (Å²) in [5.74, 6) is 1.40. The number of unbranched alkanes of at least 4 members (excludes halogenated alkanes) is 2. The normalized spacial score (nSPS) is 11.2. The summed E-state index contributed by atoms with van der Waals surface area (Å²) < 4.78 is 11.9. The molecule has 6 heteroatoms. The number of hydrogen-bond acceptors (Lipinski definition) is 4. The van der Waals surface area contributed by atoms with Crippen molar-refractivity contribution in [2.24, 2.45) is 9.98 Å². The van der Waals surface area contributed by atoms with Gasteiger partial charge in [-0.05, 0) is 37.1 Å². The summed E-state index contributed by atoms with van der Waals surface area (Å²) in [5, 5.41) is 0. The Bertz CT molecular complexity index is 704. The first-order valence-corrected chi connectivity index (χ1v) is 12.6. The molecule has 2 aromatic carbocycles. The molecule has 0 unspecified atom stereocenters. The van der Waals surface area contributed by atoms with Gasteiger partial charge in [-0.3, -0.25) is 9.98 Å². The third-order valence-electron chi connectivity index (χ3n) is 4.02. The number of halogens is 1. The second-order valence-corrected chi connectivity index (χ2v) is 8.45. The van der Waals surface area contributed by atoms with Crippen molar-refractivity contribution in [1.29, 1.82) is 0 Å². The number of hydrogen-bond donors (Lipinski definition) is 0. The first-order chi connectivity index (χ1) is 13.7. The molecule has 0 amide bonds. The third-order valence-corrected chi connectivity index (χ3v) is 5.43. The molecule has 0 aliphatic heterocycles. The molecular formula is C22H28AlClN2O2. The van der Waals surface area contributed by atoms with E-state index in [1.807, 2.05) is 61.0 Å². The molecule has 28 heavy (non-hydrogen) atoms. The van der Waals surface area contributed by atoms with Crippen molar-refractivity contribution >= 4 is 36.4 Å². The van der Waals surface area contributed by atoms with Crippen molar-refractivity contribution in [2.75, 3.05) is 13.1 Å². The van der Waals surface area contributed by atoms with Gasteiger partial charge in [-0.25, -0.2) is 0 Å². The topological polar surface area (TPSA) is 43.2 Å². The highest BCUT2D eigenvalue weighted by Gasteiger charge is 2.32. The van der Waals surface area contributed by atoms with Crippen LogP contribution in [0.1, 0.15) is 50.7 Å². The minimum atomic E-state index is -2.46. The molecule has 0 aliphatic carbocycles. The lowest BCUT2D eigenvalue weighted by Crippen LogP contribution is -2.24. The van der Waals surface area contributed by atoms with Gasteiger partial charge in [0.1, 0.15) is 0 Å². The fraction of sp³-hybridized carbons (Fsp3) is 0.364. The van der Waals surface area contributed by atoms with Crippen LogP contribution in [0.3, 0.4) is 0 Å². The molecule has 0 bridgehead atoms. The van der Waals surface area contributed by atoms with E-state index < -0.39 is 13.9 Å². The molecule has 0 heterocycles. The molecule has 2 aromatic rings. The van der Waals surface area contributed by atoms with E-state index in [0.717, 1.165) is 49.9 Å². The Labute approximate surface area is 177 Å². The van der Waals surface area contributed by atoms with E-state index in [2.05, 4.69) is 23.8 Å². The summed E-state index contributed by atoms with van der Waals surface area (Å²) in [4.78, 5) is 8.91. The van der Waals surface area contributed by atoms with E-state index in [-0.39, 0.29) is 0 Å². The Morgan fingerprint density at radius 1 is 0.786 bits per heavy atom. The van der Waals surface area contributed by atoms with E-state index in [1.54, 1.807) is 0 Å². The maximum absolute atomic E-state index is 6.47. The lowest BCUT2D eigenvalue weighted by Gasteiger charge is -2.15. The lowest BCUT2D eigenvalue weighted by atomic mass is 10.2. The van der Waals surface area contributed by atoms with Crippen molar-refractivity contribution in [1.82, 2.24) is 0 Å². The Balaban J connectivity index is 2.02. The summed E-state index contributed by atoms with van der Waals surface area (Å²) in [6.07, 6.45) is 8.09. The minimum absolute atomic E-state index is 0.698.